The summed E-state index contributed by atoms with van der Waals surface area (Å²) in [4.78, 5) is 27.4. The molecule has 2 heterocycles. The topological polar surface area (TPSA) is 92.5 Å². The maximum Gasteiger partial charge on any atom is 0.271 e. The van der Waals surface area contributed by atoms with E-state index in [9.17, 15) is 9.59 Å². The molecule has 7 heteroatoms. The summed E-state index contributed by atoms with van der Waals surface area (Å²) in [5.41, 5.74) is 6.47. The molecule has 24 heavy (non-hydrogen) atoms. The third-order valence-corrected chi connectivity index (χ3v) is 3.76. The first-order valence-corrected chi connectivity index (χ1v) is 7.29. The Bertz CT molecular complexity index is 948. The van der Waals surface area contributed by atoms with Gasteiger partial charge in [0.2, 0.25) is 6.79 Å². The van der Waals surface area contributed by atoms with Gasteiger partial charge in [0.05, 0.1) is 5.56 Å². The molecule has 2 aromatic carbocycles. The second-order valence-electron chi connectivity index (χ2n) is 5.22. The molecule has 0 radical (unpaired) electrons. The Labute approximate surface area is 136 Å². The van der Waals surface area contributed by atoms with Gasteiger partial charge in [-0.25, -0.2) is 0 Å². The molecule has 0 aliphatic carbocycles. The number of hydrazine groups is 1. The van der Waals surface area contributed by atoms with Crippen LogP contribution in [0.25, 0.3) is 10.9 Å². The number of fused-ring (bicyclic) bond motifs is 2. The lowest BCUT2D eigenvalue weighted by Crippen LogP contribution is -2.41. The molecule has 3 N–H and O–H groups in total. The van der Waals surface area contributed by atoms with Crippen LogP contribution in [-0.2, 0) is 0 Å². The summed E-state index contributed by atoms with van der Waals surface area (Å²) in [6.45, 7) is 0.137. The first-order chi connectivity index (χ1) is 11.7. The molecule has 0 spiro atoms. The van der Waals surface area contributed by atoms with Crippen LogP contribution in [0.3, 0.4) is 0 Å². The summed E-state index contributed by atoms with van der Waals surface area (Å²) in [6.07, 6.45) is 1.60. The zero-order valence-corrected chi connectivity index (χ0v) is 12.5. The van der Waals surface area contributed by atoms with E-state index < -0.39 is 11.8 Å². The van der Waals surface area contributed by atoms with Crippen molar-refractivity contribution in [3.8, 4) is 11.5 Å². The second-order valence-corrected chi connectivity index (χ2v) is 5.22. The van der Waals surface area contributed by atoms with Crippen LogP contribution in [0.15, 0.2) is 48.7 Å². The van der Waals surface area contributed by atoms with E-state index in [0.29, 0.717) is 22.6 Å². The maximum atomic E-state index is 12.3. The second kappa shape index (κ2) is 5.62. The number of aromatic amines is 1. The molecule has 1 aromatic heterocycles. The van der Waals surface area contributed by atoms with E-state index in [-0.39, 0.29) is 6.79 Å². The lowest BCUT2D eigenvalue weighted by atomic mass is 10.1. The SMILES string of the molecule is O=C(NNC(=O)c1c[nH]c2ccccc12)c1ccc2c(c1)OCO2. The number of hydrogen-bond acceptors (Lipinski definition) is 4. The molecule has 4 rings (SSSR count). The van der Waals surface area contributed by atoms with E-state index in [4.69, 9.17) is 9.47 Å². The zero-order valence-electron chi connectivity index (χ0n) is 12.5. The fourth-order valence-electron chi connectivity index (χ4n) is 2.55. The van der Waals surface area contributed by atoms with Crippen LogP contribution in [0.2, 0.25) is 0 Å². The van der Waals surface area contributed by atoms with Gasteiger partial charge in [-0.1, -0.05) is 18.2 Å². The maximum absolute atomic E-state index is 12.3. The molecule has 0 atom stereocenters. The van der Waals surface area contributed by atoms with Gasteiger partial charge >= 0.3 is 0 Å². The van der Waals surface area contributed by atoms with Crippen molar-refractivity contribution < 1.29 is 19.1 Å². The van der Waals surface area contributed by atoms with Gasteiger partial charge in [0, 0.05) is 22.7 Å². The van der Waals surface area contributed by atoms with Gasteiger partial charge in [-0.2, -0.15) is 0 Å². The van der Waals surface area contributed by atoms with Crippen molar-refractivity contribution in [3.05, 3.63) is 59.8 Å². The van der Waals surface area contributed by atoms with Crippen LogP contribution in [0.5, 0.6) is 11.5 Å². The quantitative estimate of drug-likeness (QED) is 0.629. The molecule has 1 aliphatic rings. The largest absolute Gasteiger partial charge is 0.454 e. The van der Waals surface area contributed by atoms with Crippen molar-refractivity contribution in [2.45, 2.75) is 0 Å². The Kier molecular flexibility index (Phi) is 3.31. The van der Waals surface area contributed by atoms with Gasteiger partial charge in [-0.05, 0) is 24.3 Å². The molecule has 0 fully saturated rings. The summed E-state index contributed by atoms with van der Waals surface area (Å²) in [6, 6.07) is 12.2. The fourth-order valence-corrected chi connectivity index (χ4v) is 2.55. The number of para-hydroxylation sites is 1. The minimum atomic E-state index is -0.443. The summed E-state index contributed by atoms with van der Waals surface area (Å²) in [7, 11) is 0. The zero-order chi connectivity index (χ0) is 16.5. The number of aromatic nitrogens is 1. The number of nitrogens with one attached hydrogen (secondary N) is 3. The molecular weight excluding hydrogens is 310 g/mol. The monoisotopic (exact) mass is 323 g/mol. The van der Waals surface area contributed by atoms with Crippen molar-refractivity contribution in [2.24, 2.45) is 0 Å². The highest BCUT2D eigenvalue weighted by molar-refractivity contribution is 6.07. The third-order valence-electron chi connectivity index (χ3n) is 3.76. The highest BCUT2D eigenvalue weighted by atomic mass is 16.7. The first kappa shape index (κ1) is 14.1. The molecule has 0 saturated heterocycles. The van der Waals surface area contributed by atoms with Crippen LogP contribution in [-0.4, -0.2) is 23.6 Å². The van der Waals surface area contributed by atoms with Gasteiger partial charge in [0.15, 0.2) is 11.5 Å². The Balaban J connectivity index is 1.46. The molecular formula is C17H13N3O4. The number of carbonyl (C=O) groups is 2. The number of H-pyrrole nitrogens is 1. The number of benzene rings is 2. The van der Waals surface area contributed by atoms with Gasteiger partial charge in [0.25, 0.3) is 11.8 Å². The Morgan fingerprint density at radius 3 is 2.67 bits per heavy atom. The number of amides is 2. The van der Waals surface area contributed by atoms with Gasteiger partial charge in [-0.3, -0.25) is 20.4 Å². The van der Waals surface area contributed by atoms with Crippen molar-refractivity contribution in [2.75, 3.05) is 6.79 Å². The predicted octanol–water partition coefficient (Wildman–Crippen LogP) is 1.97. The molecule has 0 unspecified atom stereocenters. The van der Waals surface area contributed by atoms with E-state index in [0.717, 1.165) is 10.9 Å². The Morgan fingerprint density at radius 2 is 1.75 bits per heavy atom. The van der Waals surface area contributed by atoms with E-state index in [1.165, 1.54) is 0 Å². The van der Waals surface area contributed by atoms with Crippen LogP contribution >= 0.6 is 0 Å². The molecule has 7 nitrogen and oxygen atoms in total. The molecule has 2 amide bonds. The van der Waals surface area contributed by atoms with Crippen LogP contribution in [0.4, 0.5) is 0 Å². The summed E-state index contributed by atoms with van der Waals surface area (Å²) in [5, 5.41) is 0.785. The molecule has 0 bridgehead atoms. The number of carbonyl (C=O) groups excluding carboxylic acids is 2. The fraction of sp³-hybridized carbons (Fsp3) is 0.0588. The van der Waals surface area contributed by atoms with Crippen molar-refractivity contribution in [1.29, 1.82) is 0 Å². The average Bonchev–Trinajstić information content (AvgIpc) is 3.25. The number of ether oxygens (including phenoxy) is 2. The number of rotatable bonds is 2. The minimum absolute atomic E-state index is 0.137. The highest BCUT2D eigenvalue weighted by Gasteiger charge is 2.17. The van der Waals surface area contributed by atoms with E-state index in [1.807, 2.05) is 24.3 Å². The van der Waals surface area contributed by atoms with E-state index in [1.54, 1.807) is 24.4 Å². The van der Waals surface area contributed by atoms with Crippen molar-refractivity contribution >= 4 is 22.7 Å². The summed E-state index contributed by atoms with van der Waals surface area (Å²) < 4.78 is 10.4. The first-order valence-electron chi connectivity index (χ1n) is 7.29. The summed E-state index contributed by atoms with van der Waals surface area (Å²) in [5.74, 6) is 0.253. The standard InChI is InChI=1S/C17H13N3O4/c21-16(10-5-6-14-15(7-10)24-9-23-14)19-20-17(22)12-8-18-13-4-2-1-3-11(12)13/h1-8,18H,9H2,(H,19,21)(H,20,22). The van der Waals surface area contributed by atoms with Crippen molar-refractivity contribution in [3.63, 3.8) is 0 Å². The highest BCUT2D eigenvalue weighted by Crippen LogP contribution is 2.32. The average molecular weight is 323 g/mol. The van der Waals surface area contributed by atoms with Crippen molar-refractivity contribution in [1.82, 2.24) is 15.8 Å². The van der Waals surface area contributed by atoms with Gasteiger partial charge < -0.3 is 14.5 Å². The van der Waals surface area contributed by atoms with Crippen LogP contribution < -0.4 is 20.3 Å². The molecule has 3 aromatic rings. The lowest BCUT2D eigenvalue weighted by molar-refractivity contribution is 0.0847. The lowest BCUT2D eigenvalue weighted by Gasteiger charge is -2.07. The summed E-state index contributed by atoms with van der Waals surface area (Å²) >= 11 is 0. The number of hydrogen-bond donors (Lipinski definition) is 3. The van der Waals surface area contributed by atoms with E-state index in [2.05, 4.69) is 15.8 Å². The smallest absolute Gasteiger partial charge is 0.271 e. The van der Waals surface area contributed by atoms with Gasteiger partial charge in [0.1, 0.15) is 0 Å². The molecule has 1 aliphatic heterocycles. The van der Waals surface area contributed by atoms with E-state index >= 15 is 0 Å². The van der Waals surface area contributed by atoms with Crippen LogP contribution in [0.1, 0.15) is 20.7 Å². The van der Waals surface area contributed by atoms with Crippen LogP contribution in [0, 0.1) is 0 Å². The molecule has 0 saturated carbocycles. The normalized spacial score (nSPS) is 12.2. The Hall–Kier alpha value is -3.48. The minimum Gasteiger partial charge on any atom is -0.454 e. The molecule has 120 valence electrons. The predicted molar refractivity (Wildman–Crippen MR) is 85.8 cm³/mol. The van der Waals surface area contributed by atoms with Gasteiger partial charge in [-0.15, -0.1) is 0 Å². The third kappa shape index (κ3) is 2.41. The Morgan fingerprint density at radius 1 is 0.958 bits per heavy atom.